The maximum atomic E-state index is 12.2. The van der Waals surface area contributed by atoms with E-state index < -0.39 is 10.0 Å². The summed E-state index contributed by atoms with van der Waals surface area (Å²) in [6.45, 7) is 6.12. The molecule has 0 aliphatic carbocycles. The fourth-order valence-electron chi connectivity index (χ4n) is 2.86. The lowest BCUT2D eigenvalue weighted by atomic mass is 10.1. The summed E-state index contributed by atoms with van der Waals surface area (Å²) in [5.41, 5.74) is 0. The van der Waals surface area contributed by atoms with Gasteiger partial charge in [-0.25, -0.2) is 13.1 Å². The molecule has 1 aromatic carbocycles. The number of carbonyl (C=O) groups excluding carboxylic acids is 1. The summed E-state index contributed by atoms with van der Waals surface area (Å²) in [4.78, 5) is 14.5. The van der Waals surface area contributed by atoms with Gasteiger partial charge >= 0.3 is 0 Å². The van der Waals surface area contributed by atoms with Crippen molar-refractivity contribution in [3.05, 3.63) is 28.7 Å². The van der Waals surface area contributed by atoms with Crippen LogP contribution in [0.4, 0.5) is 0 Å². The zero-order chi connectivity index (χ0) is 18.3. The molecule has 1 unspecified atom stereocenters. The third-order valence-corrected chi connectivity index (χ3v) is 6.12. The molecule has 2 N–H and O–H groups in total. The molecule has 1 heterocycles. The van der Waals surface area contributed by atoms with E-state index in [4.69, 9.17) is 0 Å². The second-order valence-corrected chi connectivity index (χ2v) is 9.20. The molecular weight excluding hydrogens is 406 g/mol. The molecule has 0 saturated carbocycles. The summed E-state index contributed by atoms with van der Waals surface area (Å²) in [6.07, 6.45) is 2.65. The molecule has 1 aromatic rings. The molecule has 6 nitrogen and oxygen atoms in total. The predicted octanol–water partition coefficient (Wildman–Crippen LogP) is 1.97. The van der Waals surface area contributed by atoms with Crippen molar-refractivity contribution in [1.29, 1.82) is 0 Å². The topological polar surface area (TPSA) is 78.5 Å². The van der Waals surface area contributed by atoms with E-state index in [9.17, 15) is 13.2 Å². The number of sulfonamides is 1. The van der Waals surface area contributed by atoms with E-state index in [1.165, 1.54) is 25.0 Å². The highest BCUT2D eigenvalue weighted by Gasteiger charge is 2.16. The van der Waals surface area contributed by atoms with Crippen LogP contribution in [0.2, 0.25) is 0 Å². The molecule has 140 valence electrons. The summed E-state index contributed by atoms with van der Waals surface area (Å²) in [5.74, 6) is 0.255. The minimum Gasteiger partial charge on any atom is -0.356 e. The molecule has 1 fully saturated rings. The number of rotatable bonds is 9. The fraction of sp³-hybridized carbons (Fsp3) is 0.588. The Balaban J connectivity index is 1.67. The van der Waals surface area contributed by atoms with Gasteiger partial charge in [-0.2, -0.15) is 0 Å². The number of likely N-dealkylation sites (tertiary alicyclic amines) is 1. The van der Waals surface area contributed by atoms with Gasteiger partial charge in [0.05, 0.1) is 4.90 Å². The number of hydrogen-bond acceptors (Lipinski definition) is 4. The van der Waals surface area contributed by atoms with Gasteiger partial charge in [0.2, 0.25) is 15.9 Å². The Kier molecular flexibility index (Phi) is 7.86. The zero-order valence-corrected chi connectivity index (χ0v) is 16.9. The molecule has 2 rings (SSSR count). The van der Waals surface area contributed by atoms with E-state index in [1.807, 2.05) is 0 Å². The molecule has 1 aliphatic heterocycles. The fourth-order valence-corrected chi connectivity index (χ4v) is 4.49. The summed E-state index contributed by atoms with van der Waals surface area (Å²) < 4.78 is 27.5. The average Bonchev–Trinajstić information content (AvgIpc) is 3.06. The van der Waals surface area contributed by atoms with Crippen molar-refractivity contribution in [1.82, 2.24) is 14.9 Å². The highest BCUT2D eigenvalue weighted by molar-refractivity contribution is 9.10. The van der Waals surface area contributed by atoms with E-state index in [0.29, 0.717) is 16.9 Å². The third-order valence-electron chi connectivity index (χ3n) is 4.17. The van der Waals surface area contributed by atoms with Gasteiger partial charge in [-0.3, -0.25) is 4.79 Å². The monoisotopic (exact) mass is 431 g/mol. The molecular formula is C17H26BrN3O3S. The van der Waals surface area contributed by atoms with E-state index in [0.717, 1.165) is 19.6 Å². The first-order chi connectivity index (χ1) is 11.9. The smallest absolute Gasteiger partial charge is 0.240 e. The molecule has 0 bridgehead atoms. The molecule has 0 radical (unpaired) electrons. The summed E-state index contributed by atoms with van der Waals surface area (Å²) in [6, 6.07) is 6.47. The lowest BCUT2D eigenvalue weighted by Crippen LogP contribution is -2.36. The molecule has 0 spiro atoms. The Labute approximate surface area is 158 Å². The van der Waals surface area contributed by atoms with E-state index in [-0.39, 0.29) is 23.8 Å². The van der Waals surface area contributed by atoms with Crippen molar-refractivity contribution < 1.29 is 13.2 Å². The molecule has 8 heteroatoms. The highest BCUT2D eigenvalue weighted by Crippen LogP contribution is 2.15. The second kappa shape index (κ2) is 9.66. The first-order valence-electron chi connectivity index (χ1n) is 8.61. The minimum absolute atomic E-state index is 0.0845. The molecule has 1 amide bonds. The van der Waals surface area contributed by atoms with E-state index in [1.54, 1.807) is 12.1 Å². The molecule has 1 aliphatic rings. The normalized spacial score (nSPS) is 16.7. The number of benzene rings is 1. The zero-order valence-electron chi connectivity index (χ0n) is 14.5. The summed E-state index contributed by atoms with van der Waals surface area (Å²) >= 11 is 3.25. The molecule has 1 atom stereocenters. The van der Waals surface area contributed by atoms with Gasteiger partial charge in [-0.15, -0.1) is 0 Å². The van der Waals surface area contributed by atoms with Crippen molar-refractivity contribution in [3.63, 3.8) is 0 Å². The molecule has 1 saturated heterocycles. The van der Waals surface area contributed by atoms with Gasteiger partial charge in [0.15, 0.2) is 0 Å². The van der Waals surface area contributed by atoms with Crippen LogP contribution in [0.15, 0.2) is 33.6 Å². The lowest BCUT2D eigenvalue weighted by Gasteiger charge is -2.20. The van der Waals surface area contributed by atoms with E-state index in [2.05, 4.69) is 37.8 Å². The van der Waals surface area contributed by atoms with Gasteiger partial charge in [-0.05, 0) is 50.0 Å². The number of amides is 1. The summed E-state index contributed by atoms with van der Waals surface area (Å²) in [5, 5.41) is 2.88. The minimum atomic E-state index is -3.59. The predicted molar refractivity (Wildman–Crippen MR) is 102 cm³/mol. The number of hydrogen-bond donors (Lipinski definition) is 2. The van der Waals surface area contributed by atoms with Crippen LogP contribution in [-0.4, -0.2) is 51.9 Å². The highest BCUT2D eigenvalue weighted by atomic mass is 79.9. The first kappa shape index (κ1) is 20.4. The second-order valence-electron chi connectivity index (χ2n) is 6.52. The van der Waals surface area contributed by atoms with Crippen LogP contribution >= 0.6 is 15.9 Å². The largest absolute Gasteiger partial charge is 0.356 e. The van der Waals surface area contributed by atoms with Crippen LogP contribution in [-0.2, 0) is 14.8 Å². The van der Waals surface area contributed by atoms with Crippen molar-refractivity contribution >= 4 is 31.9 Å². The van der Waals surface area contributed by atoms with Crippen LogP contribution in [0, 0.1) is 5.92 Å². The Bertz CT molecular complexity index is 675. The molecule has 25 heavy (non-hydrogen) atoms. The summed E-state index contributed by atoms with van der Waals surface area (Å²) in [7, 11) is -3.59. The Hall–Kier alpha value is -0.960. The van der Waals surface area contributed by atoms with Crippen molar-refractivity contribution in [3.8, 4) is 0 Å². The quantitative estimate of drug-likeness (QED) is 0.626. The Morgan fingerprint density at radius 3 is 2.72 bits per heavy atom. The standard InChI is InChI=1S/C17H26BrN3O3S/c1-14(13-21-9-2-3-10-21)12-19-17(22)7-8-20-25(23,24)16-6-4-5-15(18)11-16/h4-6,11,14,20H,2-3,7-10,12-13H2,1H3,(H,19,22). The van der Waals surface area contributed by atoms with Crippen molar-refractivity contribution in [2.24, 2.45) is 5.92 Å². The number of nitrogens with one attached hydrogen (secondary N) is 2. The van der Waals surface area contributed by atoms with Gasteiger partial charge in [-0.1, -0.05) is 28.9 Å². The van der Waals surface area contributed by atoms with Crippen LogP contribution in [0.1, 0.15) is 26.2 Å². The molecule has 0 aromatic heterocycles. The van der Waals surface area contributed by atoms with Crippen LogP contribution in [0.25, 0.3) is 0 Å². The van der Waals surface area contributed by atoms with Gasteiger partial charge in [0, 0.05) is 30.5 Å². The van der Waals surface area contributed by atoms with Crippen molar-refractivity contribution in [2.75, 3.05) is 32.7 Å². The first-order valence-corrected chi connectivity index (χ1v) is 10.9. The Morgan fingerprint density at radius 2 is 2.04 bits per heavy atom. The number of carbonyl (C=O) groups is 1. The maximum absolute atomic E-state index is 12.2. The van der Waals surface area contributed by atoms with E-state index >= 15 is 0 Å². The number of halogens is 1. The Morgan fingerprint density at radius 1 is 1.32 bits per heavy atom. The van der Waals surface area contributed by atoms with Crippen molar-refractivity contribution in [2.45, 2.75) is 31.1 Å². The maximum Gasteiger partial charge on any atom is 0.240 e. The van der Waals surface area contributed by atoms with Crippen LogP contribution < -0.4 is 10.0 Å². The van der Waals surface area contributed by atoms with Crippen LogP contribution in [0.5, 0.6) is 0 Å². The van der Waals surface area contributed by atoms with Crippen LogP contribution in [0.3, 0.4) is 0 Å². The van der Waals surface area contributed by atoms with Gasteiger partial charge < -0.3 is 10.2 Å². The number of nitrogens with zero attached hydrogens (tertiary/aromatic N) is 1. The van der Waals surface area contributed by atoms with Gasteiger partial charge in [0.25, 0.3) is 0 Å². The average molecular weight is 432 g/mol. The lowest BCUT2D eigenvalue weighted by molar-refractivity contribution is -0.121. The SMILES string of the molecule is CC(CNC(=O)CCNS(=O)(=O)c1cccc(Br)c1)CN1CCCC1. The third kappa shape index (κ3) is 7.05. The van der Waals surface area contributed by atoms with Gasteiger partial charge in [0.1, 0.15) is 0 Å².